The van der Waals surface area contributed by atoms with Crippen LogP contribution in [0.2, 0.25) is 0 Å². The van der Waals surface area contributed by atoms with Crippen molar-refractivity contribution in [3.8, 4) is 0 Å². The van der Waals surface area contributed by atoms with Gasteiger partial charge in [0.25, 0.3) is 0 Å². The van der Waals surface area contributed by atoms with Crippen molar-refractivity contribution in [3.05, 3.63) is 11.6 Å². The second-order valence-corrected chi connectivity index (χ2v) is 2.54. The van der Waals surface area contributed by atoms with Crippen LogP contribution in [0, 0.1) is 0 Å². The van der Waals surface area contributed by atoms with Gasteiger partial charge in [-0.3, -0.25) is 0 Å². The van der Waals surface area contributed by atoms with Crippen molar-refractivity contribution >= 4 is 0 Å². The molecule has 54 valence electrons. The third-order valence-electron chi connectivity index (χ3n) is 1.38. The molecular weight excluding hydrogens is 110 g/mol. The molecule has 0 fully saturated rings. The predicted octanol–water partition coefficient (Wildman–Crippen LogP) is 1.90. The van der Waals surface area contributed by atoms with E-state index in [1.54, 1.807) is 0 Å². The Morgan fingerprint density at radius 3 is 2.11 bits per heavy atom. The number of rotatable bonds is 3. The van der Waals surface area contributed by atoms with Crippen molar-refractivity contribution in [2.24, 2.45) is 0 Å². The Kier molecular flexibility index (Phi) is 4.41. The first kappa shape index (κ1) is 8.70. The highest BCUT2D eigenvalue weighted by Gasteiger charge is 1.92. The molecular formula is C8H17N. The maximum absolute atomic E-state index is 2.19. The highest BCUT2D eigenvalue weighted by Crippen LogP contribution is 1.99. The molecule has 0 radical (unpaired) electrons. The molecule has 1 nitrogen and oxygen atoms in total. The summed E-state index contributed by atoms with van der Waals surface area (Å²) in [5.41, 5.74) is 1.51. The predicted molar refractivity (Wildman–Crippen MR) is 42.6 cm³/mol. The van der Waals surface area contributed by atoms with Gasteiger partial charge in [0, 0.05) is 6.54 Å². The van der Waals surface area contributed by atoms with Crippen LogP contribution in [-0.2, 0) is 0 Å². The van der Waals surface area contributed by atoms with E-state index in [0.29, 0.717) is 0 Å². The van der Waals surface area contributed by atoms with Gasteiger partial charge in [-0.25, -0.2) is 0 Å². The molecule has 0 aliphatic carbocycles. The Labute approximate surface area is 58.4 Å². The molecule has 0 bridgehead atoms. The molecule has 0 aliphatic heterocycles. The third-order valence-corrected chi connectivity index (χ3v) is 1.38. The average molecular weight is 127 g/mol. The quantitative estimate of drug-likeness (QED) is 0.523. The molecule has 0 aliphatic rings. The van der Waals surface area contributed by atoms with Crippen molar-refractivity contribution in [1.29, 1.82) is 0 Å². The molecule has 0 amide bonds. The Hall–Kier alpha value is -0.300. The minimum absolute atomic E-state index is 1.10. The number of hydrogen-bond acceptors (Lipinski definition) is 1. The van der Waals surface area contributed by atoms with E-state index in [9.17, 15) is 0 Å². The Balaban J connectivity index is 3.58. The van der Waals surface area contributed by atoms with Gasteiger partial charge in [0.1, 0.15) is 0 Å². The van der Waals surface area contributed by atoms with Gasteiger partial charge in [-0.2, -0.15) is 0 Å². The molecule has 0 rings (SSSR count). The van der Waals surface area contributed by atoms with E-state index in [4.69, 9.17) is 0 Å². The van der Waals surface area contributed by atoms with Crippen LogP contribution in [0.15, 0.2) is 11.6 Å². The summed E-state index contributed by atoms with van der Waals surface area (Å²) in [4.78, 5) is 2.19. The van der Waals surface area contributed by atoms with Crippen LogP contribution in [0.25, 0.3) is 0 Å². The van der Waals surface area contributed by atoms with E-state index < -0.39 is 0 Å². The second kappa shape index (κ2) is 4.57. The van der Waals surface area contributed by atoms with Crippen LogP contribution < -0.4 is 0 Å². The van der Waals surface area contributed by atoms with Crippen LogP contribution in [-0.4, -0.2) is 25.5 Å². The molecule has 0 N–H and O–H groups in total. The number of allylic oxidation sites excluding steroid dienone is 1. The van der Waals surface area contributed by atoms with Gasteiger partial charge in [0.15, 0.2) is 0 Å². The first-order chi connectivity index (χ1) is 4.20. The summed E-state index contributed by atoms with van der Waals surface area (Å²) in [5.74, 6) is 0. The third kappa shape index (κ3) is 4.22. The van der Waals surface area contributed by atoms with E-state index in [1.165, 1.54) is 12.0 Å². The summed E-state index contributed by atoms with van der Waals surface area (Å²) in [5, 5.41) is 0. The van der Waals surface area contributed by atoms with Crippen molar-refractivity contribution in [1.82, 2.24) is 4.90 Å². The van der Waals surface area contributed by atoms with Gasteiger partial charge >= 0.3 is 0 Å². The smallest absolute Gasteiger partial charge is 0.0186 e. The Bertz CT molecular complexity index is 92.7. The van der Waals surface area contributed by atoms with Gasteiger partial charge in [-0.1, -0.05) is 18.6 Å². The minimum Gasteiger partial charge on any atom is -0.305 e. The first-order valence-corrected chi connectivity index (χ1v) is 3.49. The van der Waals surface area contributed by atoms with Crippen LogP contribution >= 0.6 is 0 Å². The van der Waals surface area contributed by atoms with Crippen LogP contribution in [0.1, 0.15) is 20.3 Å². The van der Waals surface area contributed by atoms with Gasteiger partial charge in [-0.05, 0) is 27.4 Å². The second-order valence-electron chi connectivity index (χ2n) is 2.54. The minimum atomic E-state index is 1.10. The van der Waals surface area contributed by atoms with E-state index >= 15 is 0 Å². The van der Waals surface area contributed by atoms with Crippen molar-refractivity contribution in [2.45, 2.75) is 20.3 Å². The fourth-order valence-corrected chi connectivity index (χ4v) is 0.813. The fourth-order valence-electron chi connectivity index (χ4n) is 0.813. The Morgan fingerprint density at radius 2 is 2.00 bits per heavy atom. The maximum atomic E-state index is 2.19. The lowest BCUT2D eigenvalue weighted by Gasteiger charge is -2.10. The van der Waals surface area contributed by atoms with Crippen molar-refractivity contribution in [2.75, 3.05) is 20.6 Å². The molecule has 0 aromatic heterocycles. The molecule has 0 spiro atoms. The number of hydrogen-bond donors (Lipinski definition) is 0. The highest BCUT2D eigenvalue weighted by atomic mass is 15.0. The standard InChI is InChI=1S/C8H17N/c1-5-8(6-2)7-9(3)4/h5H,6-7H2,1-4H3. The molecule has 1 heteroatoms. The summed E-state index contributed by atoms with van der Waals surface area (Å²) < 4.78 is 0. The van der Waals surface area contributed by atoms with Gasteiger partial charge in [0.2, 0.25) is 0 Å². The molecule has 0 heterocycles. The van der Waals surface area contributed by atoms with E-state index in [-0.39, 0.29) is 0 Å². The zero-order chi connectivity index (χ0) is 7.28. The summed E-state index contributed by atoms with van der Waals surface area (Å²) >= 11 is 0. The van der Waals surface area contributed by atoms with Crippen LogP contribution in [0.4, 0.5) is 0 Å². The lowest BCUT2D eigenvalue weighted by Crippen LogP contribution is -2.14. The molecule has 0 unspecified atom stereocenters. The van der Waals surface area contributed by atoms with Gasteiger partial charge in [-0.15, -0.1) is 0 Å². The summed E-state index contributed by atoms with van der Waals surface area (Å²) in [7, 11) is 4.19. The molecule has 0 saturated heterocycles. The monoisotopic (exact) mass is 127 g/mol. The van der Waals surface area contributed by atoms with E-state index in [2.05, 4.69) is 38.9 Å². The first-order valence-electron chi connectivity index (χ1n) is 3.49. The fraction of sp³-hybridized carbons (Fsp3) is 0.750. The molecule has 0 saturated carbocycles. The largest absolute Gasteiger partial charge is 0.305 e. The lowest BCUT2D eigenvalue weighted by molar-refractivity contribution is 0.440. The van der Waals surface area contributed by atoms with Crippen molar-refractivity contribution in [3.63, 3.8) is 0 Å². The molecule has 9 heavy (non-hydrogen) atoms. The average Bonchev–Trinajstić information content (AvgIpc) is 1.82. The summed E-state index contributed by atoms with van der Waals surface area (Å²) in [6, 6.07) is 0. The molecule has 0 aromatic carbocycles. The number of nitrogens with zero attached hydrogens (tertiary/aromatic N) is 1. The SMILES string of the molecule is CC=C(CC)CN(C)C. The van der Waals surface area contributed by atoms with E-state index in [0.717, 1.165) is 6.54 Å². The molecule has 0 aromatic rings. The number of likely N-dealkylation sites (N-methyl/N-ethyl adjacent to an activating group) is 1. The zero-order valence-corrected chi connectivity index (χ0v) is 6.94. The lowest BCUT2D eigenvalue weighted by atomic mass is 10.2. The summed E-state index contributed by atoms with van der Waals surface area (Å²) in [6.07, 6.45) is 3.37. The Morgan fingerprint density at radius 1 is 1.44 bits per heavy atom. The van der Waals surface area contributed by atoms with Crippen LogP contribution in [0.3, 0.4) is 0 Å². The van der Waals surface area contributed by atoms with E-state index in [1.807, 2.05) is 0 Å². The van der Waals surface area contributed by atoms with Gasteiger partial charge in [0.05, 0.1) is 0 Å². The van der Waals surface area contributed by atoms with Gasteiger partial charge < -0.3 is 4.90 Å². The van der Waals surface area contributed by atoms with Crippen molar-refractivity contribution < 1.29 is 0 Å². The summed E-state index contributed by atoms with van der Waals surface area (Å²) in [6.45, 7) is 5.40. The molecule has 0 atom stereocenters. The topological polar surface area (TPSA) is 3.24 Å². The normalized spacial score (nSPS) is 12.8. The van der Waals surface area contributed by atoms with Crippen LogP contribution in [0.5, 0.6) is 0 Å². The maximum Gasteiger partial charge on any atom is 0.0186 e. The highest BCUT2D eigenvalue weighted by molar-refractivity contribution is 5.00. The zero-order valence-electron chi connectivity index (χ0n) is 6.94.